The van der Waals surface area contributed by atoms with E-state index in [2.05, 4.69) is 9.97 Å². The minimum absolute atomic E-state index is 0.493. The highest BCUT2D eigenvalue weighted by molar-refractivity contribution is 5.68. The van der Waals surface area contributed by atoms with Crippen LogP contribution in [-0.2, 0) is 6.37 Å². The molecule has 0 aliphatic rings. The molecule has 0 saturated heterocycles. The molecular formula is C21H22N2. The van der Waals surface area contributed by atoms with E-state index in [1.54, 1.807) is 12.4 Å². The molecule has 0 aliphatic heterocycles. The van der Waals surface area contributed by atoms with Crippen LogP contribution in [0.4, 0.5) is 0 Å². The maximum absolute atomic E-state index is 8.36. The maximum Gasteiger partial charge on any atom is 0.0708 e. The average molecular weight is 304 g/mol. The number of nitrogens with zero attached hydrogens (tertiary/aromatic N) is 2. The molecule has 0 radical (unpaired) electrons. The second-order valence-electron chi connectivity index (χ2n) is 6.60. The molecule has 0 saturated carbocycles. The van der Waals surface area contributed by atoms with Gasteiger partial charge in [0.1, 0.15) is 0 Å². The Morgan fingerprint density at radius 1 is 0.870 bits per heavy atom. The Kier molecular flexibility index (Phi) is 3.58. The first-order valence-corrected chi connectivity index (χ1v) is 7.77. The molecule has 0 bridgehead atoms. The third-order valence-corrected chi connectivity index (χ3v) is 3.41. The smallest absolute Gasteiger partial charge is 0.0708 e. The summed E-state index contributed by atoms with van der Waals surface area (Å²) in [4.78, 5) is 8.93. The first-order valence-electron chi connectivity index (χ1n) is 8.77. The van der Waals surface area contributed by atoms with Gasteiger partial charge in [-0.3, -0.25) is 9.97 Å². The van der Waals surface area contributed by atoms with Crippen molar-refractivity contribution < 1.29 is 2.74 Å². The Morgan fingerprint density at radius 2 is 1.65 bits per heavy atom. The van der Waals surface area contributed by atoms with Crippen molar-refractivity contribution in [1.82, 2.24) is 9.97 Å². The predicted octanol–water partition coefficient (Wildman–Crippen LogP) is 5.40. The van der Waals surface area contributed by atoms with Crippen molar-refractivity contribution in [1.29, 1.82) is 0 Å². The SMILES string of the molecule is [2H]C([2H])(c1ccc(-c2ccnc(-c3ccccc3)c2)nc1)C(C)(C)C. The lowest BCUT2D eigenvalue weighted by Gasteiger charge is -2.17. The van der Waals surface area contributed by atoms with Crippen LogP contribution >= 0.6 is 0 Å². The molecule has 2 nitrogen and oxygen atoms in total. The monoisotopic (exact) mass is 304 g/mol. The van der Waals surface area contributed by atoms with Gasteiger partial charge < -0.3 is 0 Å². The predicted molar refractivity (Wildman–Crippen MR) is 96.1 cm³/mol. The molecule has 0 aliphatic carbocycles. The highest BCUT2D eigenvalue weighted by atomic mass is 14.7. The lowest BCUT2D eigenvalue weighted by molar-refractivity contribution is 0.411. The highest BCUT2D eigenvalue weighted by Crippen LogP contribution is 2.25. The van der Waals surface area contributed by atoms with Gasteiger partial charge in [0, 0.05) is 26.3 Å². The van der Waals surface area contributed by atoms with E-state index in [1.807, 2.05) is 75.4 Å². The van der Waals surface area contributed by atoms with Gasteiger partial charge in [-0.2, -0.15) is 0 Å². The summed E-state index contributed by atoms with van der Waals surface area (Å²) in [6, 6.07) is 17.7. The quantitative estimate of drug-likeness (QED) is 0.647. The molecule has 0 fully saturated rings. The van der Waals surface area contributed by atoms with Crippen LogP contribution < -0.4 is 0 Å². The molecule has 23 heavy (non-hydrogen) atoms. The second kappa shape index (κ2) is 6.33. The van der Waals surface area contributed by atoms with Crippen molar-refractivity contribution in [2.75, 3.05) is 0 Å². The Bertz CT molecular complexity index is 851. The fourth-order valence-electron chi connectivity index (χ4n) is 2.43. The van der Waals surface area contributed by atoms with Crippen molar-refractivity contribution in [3.63, 3.8) is 0 Å². The first-order chi connectivity index (χ1) is 11.8. The Balaban J connectivity index is 1.94. The summed E-state index contributed by atoms with van der Waals surface area (Å²) in [6.07, 6.45) is 1.98. The summed E-state index contributed by atoms with van der Waals surface area (Å²) in [5.41, 5.74) is 3.85. The Hall–Kier alpha value is -2.48. The molecule has 0 unspecified atom stereocenters. The van der Waals surface area contributed by atoms with Crippen LogP contribution in [0.5, 0.6) is 0 Å². The third kappa shape index (κ3) is 4.04. The van der Waals surface area contributed by atoms with Crippen LogP contribution in [0, 0.1) is 5.41 Å². The lowest BCUT2D eigenvalue weighted by atomic mass is 9.89. The van der Waals surface area contributed by atoms with Crippen molar-refractivity contribution in [3.05, 3.63) is 72.6 Å². The molecule has 116 valence electrons. The summed E-state index contributed by atoms with van der Waals surface area (Å²) >= 11 is 0. The molecule has 3 rings (SSSR count). The molecule has 0 atom stereocenters. The molecule has 2 heterocycles. The van der Waals surface area contributed by atoms with Gasteiger partial charge >= 0.3 is 0 Å². The summed E-state index contributed by atoms with van der Waals surface area (Å²) in [5, 5.41) is 0. The van der Waals surface area contributed by atoms with Crippen LogP contribution in [0.25, 0.3) is 22.5 Å². The van der Waals surface area contributed by atoms with Gasteiger partial charge in [0.25, 0.3) is 0 Å². The number of hydrogen-bond donors (Lipinski definition) is 0. The summed E-state index contributed by atoms with van der Waals surface area (Å²) in [6.45, 7) is 5.70. The highest BCUT2D eigenvalue weighted by Gasteiger charge is 2.11. The number of aromatic nitrogens is 2. The van der Waals surface area contributed by atoms with Gasteiger partial charge in [-0.05, 0) is 35.6 Å². The Labute approximate surface area is 141 Å². The Morgan fingerprint density at radius 3 is 2.30 bits per heavy atom. The minimum atomic E-state index is -1.44. The van der Waals surface area contributed by atoms with E-state index >= 15 is 0 Å². The van der Waals surface area contributed by atoms with Gasteiger partial charge in [-0.15, -0.1) is 0 Å². The summed E-state index contributed by atoms with van der Waals surface area (Å²) in [7, 11) is 0. The topological polar surface area (TPSA) is 25.8 Å². The van der Waals surface area contributed by atoms with E-state index in [0.29, 0.717) is 5.56 Å². The third-order valence-electron chi connectivity index (χ3n) is 3.41. The summed E-state index contributed by atoms with van der Waals surface area (Å²) in [5.74, 6) is 0. The van der Waals surface area contributed by atoms with Gasteiger partial charge in [-0.1, -0.05) is 57.2 Å². The van der Waals surface area contributed by atoms with Crippen molar-refractivity contribution >= 4 is 0 Å². The van der Waals surface area contributed by atoms with E-state index in [4.69, 9.17) is 2.74 Å². The molecule has 2 heteroatoms. The van der Waals surface area contributed by atoms with E-state index in [0.717, 1.165) is 22.5 Å². The molecule has 0 amide bonds. The van der Waals surface area contributed by atoms with E-state index in [-0.39, 0.29) is 0 Å². The van der Waals surface area contributed by atoms with Crippen molar-refractivity contribution in [3.8, 4) is 22.5 Å². The molecule has 0 spiro atoms. The van der Waals surface area contributed by atoms with Crippen LogP contribution in [0.2, 0.25) is 0 Å². The molecule has 2 aromatic heterocycles. The first kappa shape index (κ1) is 13.0. The molecule has 1 aromatic carbocycles. The number of hydrogen-bond acceptors (Lipinski definition) is 2. The average Bonchev–Trinajstić information content (AvgIpc) is 2.62. The summed E-state index contributed by atoms with van der Waals surface area (Å²) < 4.78 is 16.7. The second-order valence-corrected chi connectivity index (χ2v) is 6.60. The number of benzene rings is 1. The molecular weight excluding hydrogens is 280 g/mol. The van der Waals surface area contributed by atoms with Crippen LogP contribution in [-0.4, -0.2) is 9.97 Å². The molecule has 3 aromatic rings. The zero-order chi connectivity index (χ0) is 18.1. The van der Waals surface area contributed by atoms with Crippen LogP contribution in [0.15, 0.2) is 67.0 Å². The van der Waals surface area contributed by atoms with E-state index in [1.165, 1.54) is 0 Å². The minimum Gasteiger partial charge on any atom is -0.256 e. The normalized spacial score (nSPS) is 13.3. The fraction of sp³-hybridized carbons (Fsp3) is 0.238. The van der Waals surface area contributed by atoms with Crippen LogP contribution in [0.3, 0.4) is 0 Å². The van der Waals surface area contributed by atoms with Gasteiger partial charge in [0.2, 0.25) is 0 Å². The van der Waals surface area contributed by atoms with Gasteiger partial charge in [0.05, 0.1) is 11.4 Å². The number of rotatable bonds is 3. The van der Waals surface area contributed by atoms with E-state index < -0.39 is 11.8 Å². The lowest BCUT2D eigenvalue weighted by Crippen LogP contribution is -2.09. The van der Waals surface area contributed by atoms with E-state index in [9.17, 15) is 0 Å². The van der Waals surface area contributed by atoms with Gasteiger partial charge in [0.15, 0.2) is 0 Å². The molecule has 0 N–H and O–H groups in total. The largest absolute Gasteiger partial charge is 0.256 e. The zero-order valence-corrected chi connectivity index (χ0v) is 13.7. The van der Waals surface area contributed by atoms with Gasteiger partial charge in [-0.25, -0.2) is 0 Å². The zero-order valence-electron chi connectivity index (χ0n) is 15.7. The van der Waals surface area contributed by atoms with Crippen molar-refractivity contribution in [2.24, 2.45) is 5.41 Å². The number of pyridine rings is 2. The van der Waals surface area contributed by atoms with Crippen LogP contribution in [0.1, 0.15) is 29.1 Å². The maximum atomic E-state index is 8.36. The van der Waals surface area contributed by atoms with Crippen molar-refractivity contribution in [2.45, 2.75) is 27.1 Å². The standard InChI is InChI=1S/C21H22N2/c1-21(2,3)14-16-9-10-19(23-15-16)18-11-12-22-20(13-18)17-7-5-4-6-8-17/h4-13,15H,14H2,1-3H3/i14D2. The fourth-order valence-corrected chi connectivity index (χ4v) is 2.43.